The smallest absolute Gasteiger partial charge is 0.312 e. The molecule has 1 rings (SSSR count). The highest BCUT2D eigenvalue weighted by Crippen LogP contribution is 2.15. The fourth-order valence-corrected chi connectivity index (χ4v) is 2.33. The molecule has 24 heavy (non-hydrogen) atoms. The number of ether oxygens (including phenoxy) is 1. The molecule has 6 nitrogen and oxygen atoms in total. The summed E-state index contributed by atoms with van der Waals surface area (Å²) >= 11 is 0. The van der Waals surface area contributed by atoms with Gasteiger partial charge in [0.2, 0.25) is 5.91 Å². The van der Waals surface area contributed by atoms with Gasteiger partial charge in [-0.2, -0.15) is 0 Å². The molecule has 6 heteroatoms. The minimum Gasteiger partial charge on any atom is -0.374 e. The summed E-state index contributed by atoms with van der Waals surface area (Å²) in [6.07, 6.45) is 1.49. The molecular weight excluding hydrogens is 306 g/mol. The van der Waals surface area contributed by atoms with Crippen LogP contribution < -0.4 is 16.4 Å². The number of amides is 3. The molecule has 0 saturated carbocycles. The van der Waals surface area contributed by atoms with E-state index in [1.165, 1.54) is 0 Å². The number of carbonyl (C=O) groups excluding carboxylic acids is 2. The van der Waals surface area contributed by atoms with Crippen molar-refractivity contribution in [2.75, 3.05) is 13.2 Å². The van der Waals surface area contributed by atoms with E-state index in [1.807, 2.05) is 51.1 Å². The first-order valence-corrected chi connectivity index (χ1v) is 8.45. The van der Waals surface area contributed by atoms with Crippen molar-refractivity contribution in [2.24, 2.45) is 11.7 Å². The summed E-state index contributed by atoms with van der Waals surface area (Å²) in [6, 6.07) is 8.70. The second-order valence-electron chi connectivity index (χ2n) is 5.94. The molecule has 1 aromatic rings. The minimum atomic E-state index is -0.685. The molecular formula is C18H29N3O3. The Morgan fingerprint density at radius 1 is 1.21 bits per heavy atom. The largest absolute Gasteiger partial charge is 0.374 e. The van der Waals surface area contributed by atoms with Gasteiger partial charge >= 0.3 is 6.03 Å². The summed E-state index contributed by atoms with van der Waals surface area (Å²) in [7, 11) is 0. The molecule has 4 N–H and O–H groups in total. The van der Waals surface area contributed by atoms with Gasteiger partial charge in [-0.3, -0.25) is 4.79 Å². The van der Waals surface area contributed by atoms with Crippen LogP contribution in [0.4, 0.5) is 4.79 Å². The molecule has 3 amide bonds. The Labute approximate surface area is 144 Å². The first-order valence-electron chi connectivity index (χ1n) is 8.45. The highest BCUT2D eigenvalue weighted by molar-refractivity contribution is 5.86. The van der Waals surface area contributed by atoms with Crippen molar-refractivity contribution < 1.29 is 14.3 Å². The summed E-state index contributed by atoms with van der Waals surface area (Å²) in [5.41, 5.74) is 6.27. The third-order valence-electron chi connectivity index (χ3n) is 4.05. The Bertz CT molecular complexity index is 507. The molecule has 0 heterocycles. The van der Waals surface area contributed by atoms with Crippen molar-refractivity contribution in [3.8, 4) is 0 Å². The second kappa shape index (κ2) is 10.6. The fraction of sp³-hybridized carbons (Fsp3) is 0.556. The molecule has 0 fully saturated rings. The Hall–Kier alpha value is -2.08. The quantitative estimate of drug-likeness (QED) is 0.573. The zero-order chi connectivity index (χ0) is 17.9. The molecule has 0 bridgehead atoms. The first kappa shape index (κ1) is 20.0. The lowest BCUT2D eigenvalue weighted by atomic mass is 9.98. The fourth-order valence-electron chi connectivity index (χ4n) is 2.33. The summed E-state index contributed by atoms with van der Waals surface area (Å²) in [4.78, 5) is 23.2. The molecule has 1 aromatic carbocycles. The second-order valence-corrected chi connectivity index (χ2v) is 5.94. The Kier molecular flexibility index (Phi) is 8.86. The van der Waals surface area contributed by atoms with Gasteiger partial charge in [0.05, 0.1) is 6.10 Å². The van der Waals surface area contributed by atoms with Gasteiger partial charge in [-0.25, -0.2) is 4.79 Å². The number of nitrogens with two attached hydrogens (primary N) is 1. The summed E-state index contributed by atoms with van der Waals surface area (Å²) in [5, 5.41) is 5.33. The third kappa shape index (κ3) is 7.00. The van der Waals surface area contributed by atoms with E-state index in [-0.39, 0.29) is 17.9 Å². The highest BCUT2D eigenvalue weighted by atomic mass is 16.5. The number of hydrogen-bond acceptors (Lipinski definition) is 3. The van der Waals surface area contributed by atoms with Crippen molar-refractivity contribution in [1.29, 1.82) is 0 Å². The van der Waals surface area contributed by atoms with Gasteiger partial charge in [0.25, 0.3) is 0 Å². The van der Waals surface area contributed by atoms with E-state index in [4.69, 9.17) is 10.5 Å². The molecule has 0 saturated heterocycles. The van der Waals surface area contributed by atoms with Gasteiger partial charge in [0.1, 0.15) is 6.04 Å². The SMILES string of the molecule is CCC(C)C(NC(N)=O)C(=O)NCCCOC(C)c1ccccc1. The van der Waals surface area contributed by atoms with Crippen LogP contribution in [0.5, 0.6) is 0 Å². The molecule has 0 aliphatic carbocycles. The number of carbonyl (C=O) groups is 2. The van der Waals surface area contributed by atoms with Crippen molar-refractivity contribution >= 4 is 11.9 Å². The van der Waals surface area contributed by atoms with Gasteiger partial charge in [-0.15, -0.1) is 0 Å². The number of rotatable bonds is 10. The molecule has 0 spiro atoms. The molecule has 0 aliphatic rings. The zero-order valence-corrected chi connectivity index (χ0v) is 14.7. The van der Waals surface area contributed by atoms with Gasteiger partial charge in [-0.05, 0) is 24.8 Å². The van der Waals surface area contributed by atoms with Crippen LogP contribution in [-0.4, -0.2) is 31.1 Å². The van der Waals surface area contributed by atoms with Crippen LogP contribution in [0.1, 0.15) is 45.3 Å². The standard InChI is InChI=1S/C18H29N3O3/c1-4-13(2)16(21-18(19)23)17(22)20-11-8-12-24-14(3)15-9-6-5-7-10-15/h5-7,9-10,13-14,16H,4,8,11-12H2,1-3H3,(H,20,22)(H3,19,21,23). The maximum Gasteiger partial charge on any atom is 0.312 e. The van der Waals surface area contributed by atoms with Gasteiger partial charge in [0.15, 0.2) is 0 Å². The molecule has 0 aromatic heterocycles. The Morgan fingerprint density at radius 2 is 1.88 bits per heavy atom. The van der Waals surface area contributed by atoms with E-state index in [1.54, 1.807) is 0 Å². The Balaban J connectivity index is 2.30. The van der Waals surface area contributed by atoms with Crippen molar-refractivity contribution in [2.45, 2.75) is 45.8 Å². The first-order chi connectivity index (χ1) is 11.5. The van der Waals surface area contributed by atoms with Crippen molar-refractivity contribution in [3.05, 3.63) is 35.9 Å². The van der Waals surface area contributed by atoms with Crippen LogP contribution in [0.3, 0.4) is 0 Å². The topological polar surface area (TPSA) is 93.5 Å². The lowest BCUT2D eigenvalue weighted by molar-refractivity contribution is -0.124. The number of primary amides is 1. The number of benzene rings is 1. The van der Waals surface area contributed by atoms with E-state index < -0.39 is 12.1 Å². The van der Waals surface area contributed by atoms with E-state index in [0.29, 0.717) is 19.6 Å². The predicted octanol–water partition coefficient (Wildman–Crippen LogP) is 2.35. The monoisotopic (exact) mass is 335 g/mol. The molecule has 0 radical (unpaired) electrons. The molecule has 3 atom stereocenters. The summed E-state index contributed by atoms with van der Waals surface area (Å²) in [5.74, 6) is -0.189. The van der Waals surface area contributed by atoms with E-state index in [0.717, 1.165) is 12.0 Å². The van der Waals surface area contributed by atoms with Gasteiger partial charge in [-0.1, -0.05) is 50.6 Å². The average molecular weight is 335 g/mol. The lowest BCUT2D eigenvalue weighted by Gasteiger charge is -2.22. The predicted molar refractivity (Wildman–Crippen MR) is 94.4 cm³/mol. The van der Waals surface area contributed by atoms with Gasteiger partial charge < -0.3 is 21.1 Å². The molecule has 0 aliphatic heterocycles. The number of nitrogens with one attached hydrogen (secondary N) is 2. The highest BCUT2D eigenvalue weighted by Gasteiger charge is 2.24. The maximum atomic E-state index is 12.2. The summed E-state index contributed by atoms with van der Waals surface area (Å²) in [6.45, 7) is 6.92. The van der Waals surface area contributed by atoms with Crippen molar-refractivity contribution in [1.82, 2.24) is 10.6 Å². The van der Waals surface area contributed by atoms with Crippen LogP contribution in [0.15, 0.2) is 30.3 Å². The van der Waals surface area contributed by atoms with Crippen LogP contribution in [0, 0.1) is 5.92 Å². The van der Waals surface area contributed by atoms with Crippen LogP contribution in [0.2, 0.25) is 0 Å². The summed E-state index contributed by atoms with van der Waals surface area (Å²) < 4.78 is 5.76. The average Bonchev–Trinajstić information content (AvgIpc) is 2.58. The minimum absolute atomic E-state index is 0.0197. The maximum absolute atomic E-state index is 12.2. The number of urea groups is 1. The number of hydrogen-bond donors (Lipinski definition) is 3. The molecule has 134 valence electrons. The third-order valence-corrected chi connectivity index (χ3v) is 4.05. The van der Waals surface area contributed by atoms with Crippen LogP contribution >= 0.6 is 0 Å². The van der Waals surface area contributed by atoms with Gasteiger partial charge in [0, 0.05) is 13.2 Å². The van der Waals surface area contributed by atoms with Crippen molar-refractivity contribution in [3.63, 3.8) is 0 Å². The zero-order valence-electron chi connectivity index (χ0n) is 14.7. The van der Waals surface area contributed by atoms with E-state index in [2.05, 4.69) is 10.6 Å². The van der Waals surface area contributed by atoms with E-state index in [9.17, 15) is 9.59 Å². The van der Waals surface area contributed by atoms with Crippen LogP contribution in [-0.2, 0) is 9.53 Å². The lowest BCUT2D eigenvalue weighted by Crippen LogP contribution is -2.52. The Morgan fingerprint density at radius 3 is 2.46 bits per heavy atom. The van der Waals surface area contributed by atoms with Crippen LogP contribution in [0.25, 0.3) is 0 Å². The molecule has 3 unspecified atom stereocenters. The normalized spacial score (nSPS) is 14.5. The van der Waals surface area contributed by atoms with E-state index >= 15 is 0 Å².